The van der Waals surface area contributed by atoms with Gasteiger partial charge in [0.1, 0.15) is 21.3 Å². The maximum Gasteiger partial charge on any atom is 0.335 e. The Balaban J connectivity index is 1.22. The number of urea groups is 1. The van der Waals surface area contributed by atoms with Gasteiger partial charge in [0.15, 0.2) is 11.4 Å². The monoisotopic (exact) mass is 860 g/mol. The molecule has 0 aromatic heterocycles. The molecule has 60 heavy (non-hydrogen) atoms. The summed E-state index contributed by atoms with van der Waals surface area (Å²) >= 11 is 0. The summed E-state index contributed by atoms with van der Waals surface area (Å²) in [5.41, 5.74) is 3.20. The van der Waals surface area contributed by atoms with E-state index >= 15 is 0 Å². The van der Waals surface area contributed by atoms with E-state index in [2.05, 4.69) is 31.7 Å². The number of amides is 2. The Hall–Kier alpha value is -7.73. The molecule has 4 aromatic carbocycles. The maximum absolute atomic E-state index is 13.5. The van der Waals surface area contributed by atoms with E-state index in [-0.39, 0.29) is 67.6 Å². The van der Waals surface area contributed by atoms with Gasteiger partial charge < -0.3 is 30.3 Å². The largest absolute Gasteiger partial charge is 0.494 e. The van der Waals surface area contributed by atoms with Gasteiger partial charge in [0.25, 0.3) is 20.2 Å². The van der Waals surface area contributed by atoms with Crippen molar-refractivity contribution in [3.8, 4) is 11.5 Å². The van der Waals surface area contributed by atoms with Gasteiger partial charge in [-0.3, -0.25) is 29.5 Å². The number of carbonyl (C=O) groups excluding carboxylic acids is 3. The van der Waals surface area contributed by atoms with Crippen LogP contribution >= 0.6 is 0 Å². The number of allylic oxidation sites excluding steroid dienone is 2. The first-order valence-electron chi connectivity index (χ1n) is 16.6. The van der Waals surface area contributed by atoms with Crippen LogP contribution in [0.25, 0.3) is 12.2 Å². The lowest BCUT2D eigenvalue weighted by molar-refractivity contribution is 0.0686. The van der Waals surface area contributed by atoms with Crippen molar-refractivity contribution in [3.63, 3.8) is 0 Å². The van der Waals surface area contributed by atoms with E-state index in [1.54, 1.807) is 0 Å². The number of aromatic carboxylic acids is 2. The van der Waals surface area contributed by atoms with Crippen molar-refractivity contribution in [1.29, 1.82) is 0 Å². The third-order valence-corrected chi connectivity index (χ3v) is 10.3. The van der Waals surface area contributed by atoms with Crippen LogP contribution in [0.3, 0.4) is 0 Å². The molecule has 23 heteroatoms. The van der Waals surface area contributed by atoms with Crippen molar-refractivity contribution in [1.82, 2.24) is 0 Å². The fourth-order valence-corrected chi connectivity index (χ4v) is 7.11. The number of carbonyl (C=O) groups is 5. The minimum Gasteiger partial charge on any atom is -0.494 e. The standard InChI is InChI=1S/C37H28N6O15S2/c1-57-27-13-17(35(46)47)3-9-25(27)40-42-31-29(59(51,52)53)15-19-11-21(5-7-23(19)33(31)44)38-37(50)39-22-6-8-24-20(12-22)16-30(60(54,55)56)32(34(24)45)43-41-26-10-4-18(36(48)49)14-28(26)58-2/h3-16,40-41H,1-2H3,(H,46,47)(H,48,49)(H2,38,39,50)(H,51,52,53)(H,54,55,56)/b42-31-,43-32-. The lowest BCUT2D eigenvalue weighted by Crippen LogP contribution is -2.27. The minimum atomic E-state index is -5.07. The first-order chi connectivity index (χ1) is 28.3. The zero-order valence-electron chi connectivity index (χ0n) is 30.6. The van der Waals surface area contributed by atoms with Crippen LogP contribution in [0.2, 0.25) is 0 Å². The Morgan fingerprint density at radius 2 is 0.967 bits per heavy atom. The number of methoxy groups -OCH3 is 2. The van der Waals surface area contributed by atoms with Gasteiger partial charge in [0, 0.05) is 22.5 Å². The van der Waals surface area contributed by atoms with Crippen LogP contribution in [0.1, 0.15) is 52.6 Å². The van der Waals surface area contributed by atoms with Crippen molar-refractivity contribution < 1.29 is 69.6 Å². The highest BCUT2D eigenvalue weighted by molar-refractivity contribution is 7.91. The molecule has 2 amide bonds. The molecule has 6 rings (SSSR count). The molecule has 0 saturated heterocycles. The molecule has 0 heterocycles. The molecule has 0 radical (unpaired) electrons. The summed E-state index contributed by atoms with van der Waals surface area (Å²) in [6.07, 6.45) is 1.89. The number of nitrogens with one attached hydrogen (secondary N) is 4. The Kier molecular flexibility index (Phi) is 11.4. The third-order valence-electron chi connectivity index (χ3n) is 8.61. The Bertz CT molecular complexity index is 2730. The number of nitrogens with zero attached hydrogens (tertiary/aromatic N) is 2. The molecule has 0 spiro atoms. The number of Topliss-reactive ketones (excluding diaryl/α,β-unsaturated/α-hetero) is 2. The number of anilines is 4. The van der Waals surface area contributed by atoms with Crippen LogP contribution in [-0.4, -0.2) is 91.3 Å². The number of carboxylic acid groups (broad SMARTS) is 2. The minimum absolute atomic E-state index is 0.00363. The fourth-order valence-electron chi connectivity index (χ4n) is 5.80. The van der Waals surface area contributed by atoms with Crippen LogP contribution in [0.4, 0.5) is 27.5 Å². The van der Waals surface area contributed by atoms with Crippen LogP contribution in [0, 0.1) is 0 Å². The van der Waals surface area contributed by atoms with E-state index in [1.807, 2.05) is 0 Å². The fraction of sp³-hybridized carbons (Fsp3) is 0.0541. The Labute approximate surface area is 338 Å². The summed E-state index contributed by atoms with van der Waals surface area (Å²) in [6.45, 7) is 0. The van der Waals surface area contributed by atoms with Crippen molar-refractivity contribution in [2.24, 2.45) is 10.2 Å². The quantitative estimate of drug-likeness (QED) is 0.0716. The molecule has 2 aliphatic rings. The lowest BCUT2D eigenvalue weighted by Gasteiger charge is -2.18. The highest BCUT2D eigenvalue weighted by Crippen LogP contribution is 2.32. The Morgan fingerprint density at radius 3 is 1.30 bits per heavy atom. The summed E-state index contributed by atoms with van der Waals surface area (Å²) < 4.78 is 79.8. The number of carboxylic acids is 2. The van der Waals surface area contributed by atoms with Gasteiger partial charge >= 0.3 is 18.0 Å². The van der Waals surface area contributed by atoms with E-state index in [4.69, 9.17) is 9.47 Å². The van der Waals surface area contributed by atoms with Gasteiger partial charge in [-0.05, 0) is 96.1 Å². The summed E-state index contributed by atoms with van der Waals surface area (Å²) in [4.78, 5) is 60.8. The number of hydrazone groups is 2. The molecule has 2 aliphatic carbocycles. The van der Waals surface area contributed by atoms with E-state index in [0.717, 1.165) is 24.3 Å². The number of hydrogen-bond donors (Lipinski definition) is 8. The second kappa shape index (κ2) is 16.3. The first-order valence-corrected chi connectivity index (χ1v) is 19.5. The van der Waals surface area contributed by atoms with Crippen molar-refractivity contribution in [2.75, 3.05) is 35.7 Å². The molecule has 21 nitrogen and oxygen atoms in total. The average molecular weight is 861 g/mol. The SMILES string of the molecule is COc1cc(C(=O)O)ccc1N/N=C1\C(=O)c2ccc(NC(=O)Nc3ccc4c(c3)C=C(S(=O)(=O)O)/C(=N/Nc3ccc(C(=O)O)cc3OC)C4=O)cc2C=C1S(=O)(=O)O. The normalized spacial score (nSPS) is 14.9. The maximum atomic E-state index is 13.5. The molecule has 0 unspecified atom stereocenters. The summed E-state index contributed by atoms with van der Waals surface area (Å²) in [5.74, 6) is -4.38. The third kappa shape index (κ3) is 8.72. The summed E-state index contributed by atoms with van der Waals surface area (Å²) in [7, 11) is -7.66. The zero-order chi connectivity index (χ0) is 43.7. The topological polar surface area (TPSA) is 326 Å². The zero-order valence-corrected chi connectivity index (χ0v) is 32.2. The van der Waals surface area contributed by atoms with Crippen LogP contribution in [0.15, 0.2) is 92.8 Å². The van der Waals surface area contributed by atoms with Gasteiger partial charge in [-0.1, -0.05) is 0 Å². The molecule has 0 atom stereocenters. The van der Waals surface area contributed by atoms with E-state index in [1.165, 1.54) is 74.9 Å². The predicted octanol–water partition coefficient (Wildman–Crippen LogP) is 4.53. The number of ether oxygens (including phenoxy) is 2. The molecule has 0 bridgehead atoms. The first kappa shape index (κ1) is 41.9. The molecule has 0 saturated carbocycles. The van der Waals surface area contributed by atoms with Gasteiger partial charge in [-0.2, -0.15) is 27.0 Å². The van der Waals surface area contributed by atoms with Gasteiger partial charge in [-0.25, -0.2) is 14.4 Å². The second-order valence-electron chi connectivity index (χ2n) is 12.4. The lowest BCUT2D eigenvalue weighted by atomic mass is 9.94. The van der Waals surface area contributed by atoms with Gasteiger partial charge in [0.2, 0.25) is 11.6 Å². The number of fused-ring (bicyclic) bond motifs is 2. The number of hydrogen-bond acceptors (Lipinski definition) is 15. The Morgan fingerprint density at radius 1 is 0.583 bits per heavy atom. The number of rotatable bonds is 12. The molecule has 308 valence electrons. The molecule has 0 fully saturated rings. The molecule has 4 aromatic rings. The van der Waals surface area contributed by atoms with Crippen molar-refractivity contribution in [3.05, 3.63) is 116 Å². The molecule has 0 aliphatic heterocycles. The smallest absolute Gasteiger partial charge is 0.335 e. The van der Waals surface area contributed by atoms with Gasteiger partial charge in [0.05, 0.1) is 36.7 Å². The molecule has 8 N–H and O–H groups in total. The predicted molar refractivity (Wildman–Crippen MR) is 215 cm³/mol. The summed E-state index contributed by atoms with van der Waals surface area (Å²) in [6, 6.07) is 14.0. The second-order valence-corrected chi connectivity index (χ2v) is 15.2. The van der Waals surface area contributed by atoms with Crippen LogP contribution in [-0.2, 0) is 20.2 Å². The number of ketones is 2. The van der Waals surface area contributed by atoms with Crippen molar-refractivity contribution >= 4 is 96.1 Å². The summed E-state index contributed by atoms with van der Waals surface area (Å²) in [5, 5.41) is 31.2. The van der Waals surface area contributed by atoms with Crippen molar-refractivity contribution in [2.45, 2.75) is 0 Å². The molecular formula is C37H28N6O15S2. The highest BCUT2D eigenvalue weighted by Gasteiger charge is 2.35. The van der Waals surface area contributed by atoms with Gasteiger partial charge in [-0.15, -0.1) is 0 Å². The van der Waals surface area contributed by atoms with E-state index < -0.39 is 71.0 Å². The number of benzene rings is 4. The average Bonchev–Trinajstić information content (AvgIpc) is 3.18. The van der Waals surface area contributed by atoms with E-state index in [9.17, 15) is 60.1 Å². The highest BCUT2D eigenvalue weighted by atomic mass is 32.2. The van der Waals surface area contributed by atoms with Crippen LogP contribution < -0.4 is 31.0 Å². The van der Waals surface area contributed by atoms with E-state index in [0.29, 0.717) is 0 Å². The molecular weight excluding hydrogens is 833 g/mol. The van der Waals surface area contributed by atoms with Crippen LogP contribution in [0.5, 0.6) is 11.5 Å².